The molecule has 3 aromatic heterocycles. The van der Waals surface area contributed by atoms with E-state index in [1.807, 2.05) is 49.9 Å². The Labute approximate surface area is 163 Å². The van der Waals surface area contributed by atoms with Crippen LogP contribution in [0.2, 0.25) is 0 Å². The molecule has 1 aromatic carbocycles. The van der Waals surface area contributed by atoms with E-state index in [0.717, 1.165) is 40.7 Å². The highest BCUT2D eigenvalue weighted by Crippen LogP contribution is 2.26. The SMILES string of the molecule is Cc1cc(C)n2ncc(-c3nccn3-c3cccc(CN(C)CCO)c3)c2n1. The molecular formula is C21H24N6O. The summed E-state index contributed by atoms with van der Waals surface area (Å²) in [5, 5.41) is 13.6. The number of aryl methyl sites for hydroxylation is 2. The molecule has 0 bridgehead atoms. The molecule has 4 aromatic rings. The zero-order valence-electron chi connectivity index (χ0n) is 16.4. The summed E-state index contributed by atoms with van der Waals surface area (Å²) in [6.45, 7) is 5.59. The predicted molar refractivity (Wildman–Crippen MR) is 108 cm³/mol. The normalized spacial score (nSPS) is 11.6. The average molecular weight is 376 g/mol. The summed E-state index contributed by atoms with van der Waals surface area (Å²) in [4.78, 5) is 11.4. The van der Waals surface area contributed by atoms with Gasteiger partial charge in [0.15, 0.2) is 5.65 Å². The number of hydrogen-bond acceptors (Lipinski definition) is 5. The molecule has 4 rings (SSSR count). The highest BCUT2D eigenvalue weighted by atomic mass is 16.3. The molecule has 0 atom stereocenters. The maximum atomic E-state index is 9.12. The van der Waals surface area contributed by atoms with Crippen LogP contribution in [0.25, 0.3) is 22.7 Å². The molecule has 144 valence electrons. The summed E-state index contributed by atoms with van der Waals surface area (Å²) >= 11 is 0. The van der Waals surface area contributed by atoms with Crippen molar-refractivity contribution in [1.82, 2.24) is 29.0 Å². The van der Waals surface area contributed by atoms with Gasteiger partial charge in [-0.3, -0.25) is 9.47 Å². The van der Waals surface area contributed by atoms with E-state index in [9.17, 15) is 0 Å². The number of fused-ring (bicyclic) bond motifs is 1. The van der Waals surface area contributed by atoms with Crippen molar-refractivity contribution in [3.63, 3.8) is 0 Å². The monoisotopic (exact) mass is 376 g/mol. The Kier molecular flexibility index (Phi) is 4.93. The zero-order valence-corrected chi connectivity index (χ0v) is 16.4. The number of likely N-dealkylation sites (N-methyl/N-ethyl adjacent to an activating group) is 1. The van der Waals surface area contributed by atoms with Crippen LogP contribution >= 0.6 is 0 Å². The van der Waals surface area contributed by atoms with Crippen molar-refractivity contribution in [2.24, 2.45) is 0 Å². The summed E-state index contributed by atoms with van der Waals surface area (Å²) in [6.07, 6.45) is 5.58. The third-order valence-electron chi connectivity index (χ3n) is 4.78. The predicted octanol–water partition coefficient (Wildman–Crippen LogP) is 2.62. The van der Waals surface area contributed by atoms with Crippen LogP contribution < -0.4 is 0 Å². The van der Waals surface area contributed by atoms with Crippen molar-refractivity contribution in [3.05, 3.63) is 65.9 Å². The minimum absolute atomic E-state index is 0.155. The molecule has 28 heavy (non-hydrogen) atoms. The second kappa shape index (κ2) is 7.53. The lowest BCUT2D eigenvalue weighted by Gasteiger charge is -2.16. The van der Waals surface area contributed by atoms with Crippen LogP contribution in [0.5, 0.6) is 0 Å². The highest BCUT2D eigenvalue weighted by Gasteiger charge is 2.16. The van der Waals surface area contributed by atoms with Gasteiger partial charge in [0.2, 0.25) is 0 Å². The molecule has 0 amide bonds. The molecule has 0 saturated carbocycles. The van der Waals surface area contributed by atoms with E-state index in [1.54, 1.807) is 6.20 Å². The molecule has 0 spiro atoms. The van der Waals surface area contributed by atoms with Crippen LogP contribution in [0.3, 0.4) is 0 Å². The maximum Gasteiger partial charge on any atom is 0.166 e. The fourth-order valence-corrected chi connectivity index (χ4v) is 3.51. The van der Waals surface area contributed by atoms with Crippen molar-refractivity contribution < 1.29 is 5.11 Å². The number of hydrogen-bond donors (Lipinski definition) is 1. The molecule has 0 aliphatic heterocycles. The molecule has 0 unspecified atom stereocenters. The summed E-state index contributed by atoms with van der Waals surface area (Å²) in [5.41, 5.74) is 5.92. The van der Waals surface area contributed by atoms with Gasteiger partial charge in [-0.25, -0.2) is 14.5 Å². The molecule has 0 aliphatic carbocycles. The number of aliphatic hydroxyl groups is 1. The molecule has 7 nitrogen and oxygen atoms in total. The van der Waals surface area contributed by atoms with Crippen LogP contribution in [0.4, 0.5) is 0 Å². The first kappa shape index (κ1) is 18.3. The number of aromatic nitrogens is 5. The van der Waals surface area contributed by atoms with Gasteiger partial charge in [-0.05, 0) is 44.7 Å². The van der Waals surface area contributed by atoms with E-state index in [1.165, 1.54) is 5.56 Å². The van der Waals surface area contributed by atoms with Gasteiger partial charge < -0.3 is 5.11 Å². The molecule has 1 N–H and O–H groups in total. The number of rotatable bonds is 6. The van der Waals surface area contributed by atoms with Crippen LogP contribution in [0.15, 0.2) is 48.9 Å². The first-order valence-electron chi connectivity index (χ1n) is 9.31. The Bertz CT molecular complexity index is 1110. The molecule has 0 radical (unpaired) electrons. The summed E-state index contributed by atoms with van der Waals surface area (Å²) in [7, 11) is 2.00. The number of aliphatic hydroxyl groups excluding tert-OH is 1. The number of benzene rings is 1. The Balaban J connectivity index is 1.75. The lowest BCUT2D eigenvalue weighted by Crippen LogP contribution is -2.21. The smallest absolute Gasteiger partial charge is 0.166 e. The van der Waals surface area contributed by atoms with E-state index in [-0.39, 0.29) is 6.61 Å². The van der Waals surface area contributed by atoms with Crippen molar-refractivity contribution in [2.45, 2.75) is 20.4 Å². The Morgan fingerprint density at radius 1 is 1.18 bits per heavy atom. The molecule has 0 fully saturated rings. The van der Waals surface area contributed by atoms with Crippen LogP contribution in [-0.2, 0) is 6.54 Å². The van der Waals surface area contributed by atoms with Crippen molar-refractivity contribution in [2.75, 3.05) is 20.2 Å². The molecule has 0 saturated heterocycles. The van der Waals surface area contributed by atoms with Gasteiger partial charge in [0, 0.05) is 42.6 Å². The standard InChI is InChI=1S/C21H24N6O/c1-15-11-16(2)27-21(24-15)19(13-23-27)20-22-7-8-26(20)18-6-4-5-17(12-18)14-25(3)9-10-28/h4-8,11-13,28H,9-10,14H2,1-3H3. The molecule has 0 aliphatic rings. The number of nitrogens with zero attached hydrogens (tertiary/aromatic N) is 6. The summed E-state index contributed by atoms with van der Waals surface area (Å²) in [5.74, 6) is 0.813. The van der Waals surface area contributed by atoms with Gasteiger partial charge in [-0.15, -0.1) is 0 Å². The Morgan fingerprint density at radius 2 is 2.04 bits per heavy atom. The second-order valence-electron chi connectivity index (χ2n) is 7.08. The van der Waals surface area contributed by atoms with Crippen LogP contribution in [-0.4, -0.2) is 54.4 Å². The second-order valence-corrected chi connectivity index (χ2v) is 7.08. The van der Waals surface area contributed by atoms with Crippen LogP contribution in [0, 0.1) is 13.8 Å². The fourth-order valence-electron chi connectivity index (χ4n) is 3.51. The quantitative estimate of drug-likeness (QED) is 0.560. The van der Waals surface area contributed by atoms with E-state index in [0.29, 0.717) is 6.54 Å². The molecular weight excluding hydrogens is 352 g/mol. The number of imidazole rings is 1. The highest BCUT2D eigenvalue weighted by molar-refractivity contribution is 5.74. The van der Waals surface area contributed by atoms with Crippen molar-refractivity contribution in [1.29, 1.82) is 0 Å². The third kappa shape index (κ3) is 3.42. The Morgan fingerprint density at radius 3 is 2.86 bits per heavy atom. The van der Waals surface area contributed by atoms with Crippen LogP contribution in [0.1, 0.15) is 17.0 Å². The zero-order chi connectivity index (χ0) is 19.7. The van der Waals surface area contributed by atoms with Gasteiger partial charge in [0.05, 0.1) is 18.4 Å². The summed E-state index contributed by atoms with van der Waals surface area (Å²) in [6, 6.07) is 10.4. The Hall–Kier alpha value is -3.03. The van der Waals surface area contributed by atoms with E-state index >= 15 is 0 Å². The van der Waals surface area contributed by atoms with Gasteiger partial charge >= 0.3 is 0 Å². The largest absolute Gasteiger partial charge is 0.395 e. The van der Waals surface area contributed by atoms with Gasteiger partial charge in [0.1, 0.15) is 5.82 Å². The molecule has 7 heteroatoms. The van der Waals surface area contributed by atoms with Gasteiger partial charge in [-0.1, -0.05) is 12.1 Å². The average Bonchev–Trinajstić information content (AvgIpc) is 3.28. The lowest BCUT2D eigenvalue weighted by atomic mass is 10.2. The third-order valence-corrected chi connectivity index (χ3v) is 4.78. The lowest BCUT2D eigenvalue weighted by molar-refractivity contribution is 0.217. The van der Waals surface area contributed by atoms with Gasteiger partial charge in [-0.2, -0.15) is 5.10 Å². The van der Waals surface area contributed by atoms with Gasteiger partial charge in [0.25, 0.3) is 0 Å². The van der Waals surface area contributed by atoms with Crippen molar-refractivity contribution >= 4 is 5.65 Å². The minimum Gasteiger partial charge on any atom is -0.395 e. The topological polar surface area (TPSA) is 71.5 Å². The maximum absolute atomic E-state index is 9.12. The van der Waals surface area contributed by atoms with Crippen molar-refractivity contribution in [3.8, 4) is 17.1 Å². The first-order chi connectivity index (χ1) is 13.6. The molecule has 3 heterocycles. The minimum atomic E-state index is 0.155. The van der Waals surface area contributed by atoms with E-state index < -0.39 is 0 Å². The van der Waals surface area contributed by atoms with E-state index in [2.05, 4.69) is 42.7 Å². The fraction of sp³-hybridized carbons (Fsp3) is 0.286. The first-order valence-corrected chi connectivity index (χ1v) is 9.31. The van der Waals surface area contributed by atoms with E-state index in [4.69, 9.17) is 5.11 Å². The summed E-state index contributed by atoms with van der Waals surface area (Å²) < 4.78 is 3.91.